The van der Waals surface area contributed by atoms with Crippen LogP contribution in [0, 0.1) is 25.2 Å². The van der Waals surface area contributed by atoms with E-state index in [-0.39, 0.29) is 5.91 Å². The van der Waals surface area contributed by atoms with Gasteiger partial charge in [-0.25, -0.2) is 4.98 Å². The number of nitriles is 1. The van der Waals surface area contributed by atoms with Gasteiger partial charge in [-0.2, -0.15) is 5.26 Å². The molecule has 1 N–H and O–H groups in total. The lowest BCUT2D eigenvalue weighted by Crippen LogP contribution is -2.49. The number of pyridine rings is 1. The molecule has 118 valence electrons. The van der Waals surface area contributed by atoms with E-state index in [0.717, 1.165) is 50.5 Å². The van der Waals surface area contributed by atoms with E-state index in [1.54, 1.807) is 6.92 Å². The van der Waals surface area contributed by atoms with Gasteiger partial charge >= 0.3 is 0 Å². The van der Waals surface area contributed by atoms with Crippen LogP contribution in [-0.2, 0) is 4.79 Å². The highest BCUT2D eigenvalue weighted by Gasteiger charge is 2.18. The number of aromatic nitrogens is 1. The first-order valence-electron chi connectivity index (χ1n) is 7.61. The van der Waals surface area contributed by atoms with E-state index in [0.29, 0.717) is 11.4 Å². The van der Waals surface area contributed by atoms with E-state index in [4.69, 9.17) is 0 Å². The van der Waals surface area contributed by atoms with Crippen LogP contribution in [0.15, 0.2) is 6.07 Å². The SMILES string of the molecule is CC(=O)N1CCN(CCNc2nc(C)cc(C)c2C#N)CC1. The third kappa shape index (κ3) is 3.95. The predicted octanol–water partition coefficient (Wildman–Crippen LogP) is 1.15. The topological polar surface area (TPSA) is 72.3 Å². The van der Waals surface area contributed by atoms with Crippen LogP contribution >= 0.6 is 0 Å². The molecule has 1 fully saturated rings. The third-order valence-corrected chi connectivity index (χ3v) is 3.99. The van der Waals surface area contributed by atoms with Crippen molar-refractivity contribution in [2.45, 2.75) is 20.8 Å². The molecular formula is C16H23N5O. The van der Waals surface area contributed by atoms with Crippen LogP contribution in [0.3, 0.4) is 0 Å². The molecule has 1 aliphatic heterocycles. The second-order valence-corrected chi connectivity index (χ2v) is 5.69. The number of nitrogens with zero attached hydrogens (tertiary/aromatic N) is 4. The van der Waals surface area contributed by atoms with E-state index >= 15 is 0 Å². The van der Waals surface area contributed by atoms with Gasteiger partial charge in [0.25, 0.3) is 0 Å². The van der Waals surface area contributed by atoms with Crippen LogP contribution in [0.25, 0.3) is 0 Å². The van der Waals surface area contributed by atoms with Crippen LogP contribution in [0.4, 0.5) is 5.82 Å². The lowest BCUT2D eigenvalue weighted by molar-refractivity contribution is -0.130. The summed E-state index contributed by atoms with van der Waals surface area (Å²) in [5.74, 6) is 0.818. The Labute approximate surface area is 131 Å². The summed E-state index contributed by atoms with van der Waals surface area (Å²) >= 11 is 0. The van der Waals surface area contributed by atoms with Crippen molar-refractivity contribution in [1.29, 1.82) is 5.26 Å². The summed E-state index contributed by atoms with van der Waals surface area (Å²) in [5.41, 5.74) is 2.48. The first-order valence-corrected chi connectivity index (χ1v) is 7.61. The summed E-state index contributed by atoms with van der Waals surface area (Å²) in [4.78, 5) is 19.9. The quantitative estimate of drug-likeness (QED) is 0.903. The van der Waals surface area contributed by atoms with Gasteiger partial charge in [-0.1, -0.05) is 0 Å². The second kappa shape index (κ2) is 7.23. The van der Waals surface area contributed by atoms with Crippen LogP contribution in [0.2, 0.25) is 0 Å². The van der Waals surface area contributed by atoms with Crippen LogP contribution < -0.4 is 5.32 Å². The Balaban J connectivity index is 1.85. The van der Waals surface area contributed by atoms with Crippen molar-refractivity contribution in [3.8, 4) is 6.07 Å². The van der Waals surface area contributed by atoms with Gasteiger partial charge in [-0.15, -0.1) is 0 Å². The molecular weight excluding hydrogens is 278 g/mol. The van der Waals surface area contributed by atoms with Gasteiger partial charge in [0, 0.05) is 51.9 Å². The number of piperazine rings is 1. The molecule has 0 spiro atoms. The third-order valence-electron chi connectivity index (χ3n) is 3.99. The summed E-state index contributed by atoms with van der Waals surface area (Å²) < 4.78 is 0. The zero-order valence-electron chi connectivity index (χ0n) is 13.5. The Kier molecular flexibility index (Phi) is 5.34. The van der Waals surface area contributed by atoms with Gasteiger partial charge in [0.05, 0.1) is 5.56 Å². The molecule has 22 heavy (non-hydrogen) atoms. The maximum atomic E-state index is 11.3. The van der Waals surface area contributed by atoms with Crippen molar-refractivity contribution in [3.63, 3.8) is 0 Å². The molecule has 0 atom stereocenters. The average Bonchev–Trinajstić information content (AvgIpc) is 2.47. The molecule has 0 aromatic carbocycles. The van der Waals surface area contributed by atoms with E-state index in [1.165, 1.54) is 0 Å². The average molecular weight is 301 g/mol. The minimum Gasteiger partial charge on any atom is -0.368 e. The van der Waals surface area contributed by atoms with E-state index in [2.05, 4.69) is 21.3 Å². The number of hydrogen-bond donors (Lipinski definition) is 1. The molecule has 1 aliphatic rings. The van der Waals surface area contributed by atoms with E-state index in [1.807, 2.05) is 24.8 Å². The van der Waals surface area contributed by atoms with Gasteiger partial charge in [-0.3, -0.25) is 9.69 Å². The molecule has 2 rings (SSSR count). The maximum absolute atomic E-state index is 11.3. The van der Waals surface area contributed by atoms with Crippen molar-refractivity contribution >= 4 is 11.7 Å². The fraction of sp³-hybridized carbons (Fsp3) is 0.562. The number of carbonyl (C=O) groups excluding carboxylic acids is 1. The lowest BCUT2D eigenvalue weighted by atomic mass is 10.1. The molecule has 0 bridgehead atoms. The minimum absolute atomic E-state index is 0.149. The molecule has 0 radical (unpaired) electrons. The highest BCUT2D eigenvalue weighted by atomic mass is 16.2. The minimum atomic E-state index is 0.149. The van der Waals surface area contributed by atoms with Crippen molar-refractivity contribution in [2.75, 3.05) is 44.6 Å². The van der Waals surface area contributed by atoms with E-state index in [9.17, 15) is 10.1 Å². The zero-order valence-corrected chi connectivity index (χ0v) is 13.5. The van der Waals surface area contributed by atoms with Gasteiger partial charge in [0.15, 0.2) is 0 Å². The molecule has 1 aromatic heterocycles. The Hall–Kier alpha value is -2.13. The number of amides is 1. The van der Waals surface area contributed by atoms with Crippen LogP contribution in [-0.4, -0.2) is 60.0 Å². The summed E-state index contributed by atoms with van der Waals surface area (Å²) in [7, 11) is 0. The monoisotopic (exact) mass is 301 g/mol. The first kappa shape index (κ1) is 16.2. The molecule has 6 heteroatoms. The van der Waals surface area contributed by atoms with Gasteiger partial charge in [0.2, 0.25) is 5.91 Å². The highest BCUT2D eigenvalue weighted by Crippen LogP contribution is 2.17. The fourth-order valence-corrected chi connectivity index (χ4v) is 2.72. The molecule has 0 unspecified atom stereocenters. The van der Waals surface area contributed by atoms with Crippen molar-refractivity contribution in [2.24, 2.45) is 0 Å². The van der Waals surface area contributed by atoms with Gasteiger partial charge in [0.1, 0.15) is 11.9 Å². The maximum Gasteiger partial charge on any atom is 0.219 e. The number of carbonyl (C=O) groups is 1. The lowest BCUT2D eigenvalue weighted by Gasteiger charge is -2.34. The highest BCUT2D eigenvalue weighted by molar-refractivity contribution is 5.73. The summed E-state index contributed by atoms with van der Waals surface area (Å²) in [6.07, 6.45) is 0. The number of anilines is 1. The molecule has 0 saturated carbocycles. The largest absolute Gasteiger partial charge is 0.368 e. The van der Waals surface area contributed by atoms with Gasteiger partial charge in [-0.05, 0) is 25.5 Å². The Morgan fingerprint density at radius 1 is 1.36 bits per heavy atom. The van der Waals surface area contributed by atoms with Crippen molar-refractivity contribution in [1.82, 2.24) is 14.8 Å². The smallest absolute Gasteiger partial charge is 0.219 e. The molecule has 1 amide bonds. The van der Waals surface area contributed by atoms with Crippen LogP contribution in [0.1, 0.15) is 23.7 Å². The molecule has 0 aliphatic carbocycles. The Morgan fingerprint density at radius 3 is 2.64 bits per heavy atom. The normalized spacial score (nSPS) is 15.5. The zero-order chi connectivity index (χ0) is 16.1. The van der Waals surface area contributed by atoms with Crippen molar-refractivity contribution < 1.29 is 4.79 Å². The number of rotatable bonds is 4. The molecule has 6 nitrogen and oxygen atoms in total. The van der Waals surface area contributed by atoms with E-state index < -0.39 is 0 Å². The molecule has 2 heterocycles. The number of aryl methyl sites for hydroxylation is 2. The Bertz CT molecular complexity index is 585. The second-order valence-electron chi connectivity index (χ2n) is 5.69. The summed E-state index contributed by atoms with van der Waals surface area (Å²) in [5, 5.41) is 12.5. The predicted molar refractivity (Wildman–Crippen MR) is 85.6 cm³/mol. The van der Waals surface area contributed by atoms with Crippen LogP contribution in [0.5, 0.6) is 0 Å². The standard InChI is InChI=1S/C16H23N5O/c1-12-10-13(2)19-16(15(12)11-17)18-4-5-20-6-8-21(9-7-20)14(3)22/h10H,4-9H2,1-3H3,(H,18,19). The first-order chi connectivity index (χ1) is 10.5. The van der Waals surface area contributed by atoms with Gasteiger partial charge < -0.3 is 10.2 Å². The fourth-order valence-electron chi connectivity index (χ4n) is 2.72. The Morgan fingerprint density at radius 2 is 2.05 bits per heavy atom. The molecule has 1 saturated heterocycles. The number of hydrogen-bond acceptors (Lipinski definition) is 5. The van der Waals surface area contributed by atoms with Crippen molar-refractivity contribution in [3.05, 3.63) is 22.9 Å². The summed E-state index contributed by atoms with van der Waals surface area (Å²) in [6.45, 7) is 10.5. The molecule has 1 aromatic rings. The number of nitrogens with one attached hydrogen (secondary N) is 1. The summed E-state index contributed by atoms with van der Waals surface area (Å²) in [6, 6.07) is 4.14.